The SMILES string of the molecule is C/C=C\C(C)N(C)c1ccccc1-c1ccccc1. The second-order valence-electron chi connectivity index (χ2n) is 4.76. The van der Waals surface area contributed by atoms with Gasteiger partial charge in [0.2, 0.25) is 0 Å². The van der Waals surface area contributed by atoms with Crippen LogP contribution in [0.1, 0.15) is 13.8 Å². The normalized spacial score (nSPS) is 12.6. The van der Waals surface area contributed by atoms with Gasteiger partial charge in [-0.1, -0.05) is 60.7 Å². The van der Waals surface area contributed by atoms with Crippen molar-refractivity contribution in [3.05, 3.63) is 66.7 Å². The molecule has 0 saturated carbocycles. The molecule has 2 aromatic rings. The summed E-state index contributed by atoms with van der Waals surface area (Å²) in [6.45, 7) is 4.27. The molecule has 2 aromatic carbocycles. The maximum atomic E-state index is 2.31. The molecule has 0 amide bonds. The van der Waals surface area contributed by atoms with E-state index >= 15 is 0 Å². The van der Waals surface area contributed by atoms with Gasteiger partial charge in [0, 0.05) is 24.3 Å². The second-order valence-corrected chi connectivity index (χ2v) is 4.76. The Balaban J connectivity index is 2.42. The van der Waals surface area contributed by atoms with Crippen molar-refractivity contribution in [2.24, 2.45) is 0 Å². The van der Waals surface area contributed by atoms with E-state index in [1.807, 2.05) is 0 Å². The van der Waals surface area contributed by atoms with E-state index in [0.717, 1.165) is 0 Å². The van der Waals surface area contributed by atoms with Crippen LogP contribution in [0.5, 0.6) is 0 Å². The number of hydrogen-bond donors (Lipinski definition) is 0. The number of hydrogen-bond acceptors (Lipinski definition) is 1. The number of rotatable bonds is 4. The van der Waals surface area contributed by atoms with Crippen LogP contribution in [0.3, 0.4) is 0 Å². The number of nitrogens with zero attached hydrogens (tertiary/aromatic N) is 1. The van der Waals surface area contributed by atoms with Crippen LogP contribution < -0.4 is 4.90 Å². The van der Waals surface area contributed by atoms with E-state index in [1.165, 1.54) is 16.8 Å². The van der Waals surface area contributed by atoms with Crippen LogP contribution in [-0.2, 0) is 0 Å². The molecule has 1 nitrogen and oxygen atoms in total. The fourth-order valence-electron chi connectivity index (χ4n) is 2.27. The van der Waals surface area contributed by atoms with E-state index in [2.05, 4.69) is 92.5 Å². The van der Waals surface area contributed by atoms with Crippen molar-refractivity contribution >= 4 is 5.69 Å². The third-order valence-electron chi connectivity index (χ3n) is 3.45. The van der Waals surface area contributed by atoms with E-state index in [1.54, 1.807) is 0 Å². The largest absolute Gasteiger partial charge is 0.368 e. The highest BCUT2D eigenvalue weighted by Gasteiger charge is 2.11. The molecule has 2 rings (SSSR count). The summed E-state index contributed by atoms with van der Waals surface area (Å²) in [5, 5.41) is 0. The topological polar surface area (TPSA) is 3.24 Å². The van der Waals surface area contributed by atoms with E-state index in [0.29, 0.717) is 6.04 Å². The predicted octanol–water partition coefficient (Wildman–Crippen LogP) is 4.75. The standard InChI is InChI=1S/C18H21N/c1-4-10-15(2)19(3)18-14-9-8-13-17(18)16-11-6-5-7-12-16/h4-15H,1-3H3/b10-4-. The van der Waals surface area contributed by atoms with E-state index in [4.69, 9.17) is 0 Å². The van der Waals surface area contributed by atoms with E-state index in [-0.39, 0.29) is 0 Å². The molecular weight excluding hydrogens is 230 g/mol. The quantitative estimate of drug-likeness (QED) is 0.708. The number of benzene rings is 2. The first kappa shape index (κ1) is 13.4. The first-order valence-electron chi connectivity index (χ1n) is 6.74. The lowest BCUT2D eigenvalue weighted by atomic mass is 10.0. The van der Waals surface area contributed by atoms with Gasteiger partial charge in [0.05, 0.1) is 0 Å². The van der Waals surface area contributed by atoms with E-state index < -0.39 is 0 Å². The molecule has 98 valence electrons. The molecule has 0 aliphatic carbocycles. The van der Waals surface area contributed by atoms with Crippen LogP contribution in [0, 0.1) is 0 Å². The Morgan fingerprint density at radius 2 is 1.58 bits per heavy atom. The van der Waals surface area contributed by atoms with Gasteiger partial charge in [0.15, 0.2) is 0 Å². The number of allylic oxidation sites excluding steroid dienone is 1. The summed E-state index contributed by atoms with van der Waals surface area (Å²) in [6, 6.07) is 19.5. The van der Waals surface area contributed by atoms with Crippen molar-refractivity contribution in [1.29, 1.82) is 0 Å². The Labute approximate surface area is 116 Å². The summed E-state index contributed by atoms with van der Waals surface area (Å²) in [4.78, 5) is 2.31. The lowest BCUT2D eigenvalue weighted by Gasteiger charge is -2.27. The average molecular weight is 251 g/mol. The maximum Gasteiger partial charge on any atom is 0.0448 e. The predicted molar refractivity (Wildman–Crippen MR) is 84.6 cm³/mol. The second kappa shape index (κ2) is 6.24. The highest BCUT2D eigenvalue weighted by atomic mass is 15.1. The maximum absolute atomic E-state index is 2.31. The molecule has 0 fully saturated rings. The monoisotopic (exact) mass is 251 g/mol. The molecule has 0 heterocycles. The summed E-state index contributed by atoms with van der Waals surface area (Å²) in [5.41, 5.74) is 3.80. The van der Waals surface area contributed by atoms with Crippen molar-refractivity contribution in [2.45, 2.75) is 19.9 Å². The first-order valence-corrected chi connectivity index (χ1v) is 6.74. The minimum absolute atomic E-state index is 0.384. The highest BCUT2D eigenvalue weighted by Crippen LogP contribution is 2.30. The van der Waals surface area contributed by atoms with Crippen LogP contribution >= 0.6 is 0 Å². The van der Waals surface area contributed by atoms with Crippen molar-refractivity contribution in [3.8, 4) is 11.1 Å². The van der Waals surface area contributed by atoms with Crippen molar-refractivity contribution in [1.82, 2.24) is 0 Å². The fourth-order valence-corrected chi connectivity index (χ4v) is 2.27. The van der Waals surface area contributed by atoms with Crippen LogP contribution in [0.25, 0.3) is 11.1 Å². The summed E-state index contributed by atoms with van der Waals surface area (Å²) < 4.78 is 0. The summed E-state index contributed by atoms with van der Waals surface area (Å²) >= 11 is 0. The molecule has 1 atom stereocenters. The zero-order valence-electron chi connectivity index (χ0n) is 11.9. The van der Waals surface area contributed by atoms with Crippen molar-refractivity contribution in [3.63, 3.8) is 0 Å². The van der Waals surface area contributed by atoms with Gasteiger partial charge in [-0.3, -0.25) is 0 Å². The summed E-state index contributed by atoms with van der Waals surface area (Å²) in [6.07, 6.45) is 4.31. The van der Waals surface area contributed by atoms with Crippen LogP contribution in [0.4, 0.5) is 5.69 Å². The van der Waals surface area contributed by atoms with Gasteiger partial charge < -0.3 is 4.90 Å². The molecule has 0 aliphatic heterocycles. The van der Waals surface area contributed by atoms with Gasteiger partial charge in [-0.05, 0) is 25.5 Å². The number of para-hydroxylation sites is 1. The summed E-state index contributed by atoms with van der Waals surface area (Å²) in [5.74, 6) is 0. The molecule has 0 radical (unpaired) electrons. The molecule has 0 N–H and O–H groups in total. The molecule has 0 bridgehead atoms. The highest BCUT2D eigenvalue weighted by molar-refractivity contribution is 5.78. The minimum Gasteiger partial charge on any atom is -0.368 e. The molecule has 0 saturated heterocycles. The third-order valence-corrected chi connectivity index (χ3v) is 3.45. The van der Waals surface area contributed by atoms with Gasteiger partial charge in [-0.2, -0.15) is 0 Å². The van der Waals surface area contributed by atoms with Crippen LogP contribution in [0.15, 0.2) is 66.7 Å². The Morgan fingerprint density at radius 1 is 0.947 bits per heavy atom. The lowest BCUT2D eigenvalue weighted by molar-refractivity contribution is 0.823. The Morgan fingerprint density at radius 3 is 2.26 bits per heavy atom. The molecular formula is C18H21N. The Bertz CT molecular complexity index is 543. The molecule has 1 heteroatoms. The van der Waals surface area contributed by atoms with Crippen LogP contribution in [-0.4, -0.2) is 13.1 Å². The Hall–Kier alpha value is -2.02. The average Bonchev–Trinajstić information content (AvgIpc) is 2.47. The first-order chi connectivity index (χ1) is 9.24. The zero-order chi connectivity index (χ0) is 13.7. The molecule has 19 heavy (non-hydrogen) atoms. The van der Waals surface area contributed by atoms with E-state index in [9.17, 15) is 0 Å². The van der Waals surface area contributed by atoms with Crippen molar-refractivity contribution < 1.29 is 0 Å². The molecule has 0 aromatic heterocycles. The van der Waals surface area contributed by atoms with Crippen LogP contribution in [0.2, 0.25) is 0 Å². The van der Waals surface area contributed by atoms with Crippen molar-refractivity contribution in [2.75, 3.05) is 11.9 Å². The van der Waals surface area contributed by atoms with Gasteiger partial charge in [0.25, 0.3) is 0 Å². The smallest absolute Gasteiger partial charge is 0.0448 e. The fraction of sp³-hybridized carbons (Fsp3) is 0.222. The number of likely N-dealkylation sites (N-methyl/N-ethyl adjacent to an activating group) is 1. The molecule has 0 aliphatic rings. The van der Waals surface area contributed by atoms with Gasteiger partial charge >= 0.3 is 0 Å². The molecule has 1 unspecified atom stereocenters. The van der Waals surface area contributed by atoms with Gasteiger partial charge in [0.1, 0.15) is 0 Å². The summed E-state index contributed by atoms with van der Waals surface area (Å²) in [7, 11) is 2.15. The van der Waals surface area contributed by atoms with Gasteiger partial charge in [-0.25, -0.2) is 0 Å². The Kier molecular flexibility index (Phi) is 4.40. The zero-order valence-corrected chi connectivity index (χ0v) is 11.9. The lowest BCUT2D eigenvalue weighted by Crippen LogP contribution is -2.27. The third kappa shape index (κ3) is 3.05. The van der Waals surface area contributed by atoms with Gasteiger partial charge in [-0.15, -0.1) is 0 Å². The number of anilines is 1. The molecule has 0 spiro atoms. The minimum atomic E-state index is 0.384.